The van der Waals surface area contributed by atoms with Gasteiger partial charge in [-0.3, -0.25) is 9.59 Å². The number of carbonyl (C=O) groups excluding carboxylic acids is 2. The highest BCUT2D eigenvalue weighted by atomic mass is 32.1. The number of carbonyl (C=O) groups is 2. The lowest BCUT2D eigenvalue weighted by molar-refractivity contribution is -0.126. The van der Waals surface area contributed by atoms with Gasteiger partial charge in [0.05, 0.1) is 24.9 Å². The standard InChI is InChI=1S/C22H32N4O3S/c1-6-7-14(2)17(27)18(22(3,4)5)25-20(28)16-15-8-11-29-12-10-26(15)19(24-16)21-23-9-13-30-21/h9,13-14,18H,6-8,10-12H2,1-5H3,(H,25,28). The average Bonchev–Trinajstić information content (AvgIpc) is 3.27. The van der Waals surface area contributed by atoms with Gasteiger partial charge in [-0.1, -0.05) is 41.0 Å². The number of amides is 1. The number of ether oxygens (including phenoxy) is 1. The van der Waals surface area contributed by atoms with Crippen LogP contribution in [0.3, 0.4) is 0 Å². The Morgan fingerprint density at radius 2 is 2.10 bits per heavy atom. The van der Waals surface area contributed by atoms with Gasteiger partial charge in [0.2, 0.25) is 0 Å². The minimum Gasteiger partial charge on any atom is -0.379 e. The summed E-state index contributed by atoms with van der Waals surface area (Å²) in [7, 11) is 0. The van der Waals surface area contributed by atoms with Crippen LogP contribution in [0.25, 0.3) is 10.8 Å². The van der Waals surface area contributed by atoms with Crippen molar-refractivity contribution in [3.63, 3.8) is 0 Å². The van der Waals surface area contributed by atoms with Gasteiger partial charge >= 0.3 is 0 Å². The minimum absolute atomic E-state index is 0.0754. The van der Waals surface area contributed by atoms with E-state index in [2.05, 4.69) is 22.2 Å². The topological polar surface area (TPSA) is 86.1 Å². The zero-order valence-corrected chi connectivity index (χ0v) is 19.3. The number of fused-ring (bicyclic) bond motifs is 1. The number of imidazole rings is 1. The molecule has 2 aromatic heterocycles. The van der Waals surface area contributed by atoms with Crippen molar-refractivity contribution >= 4 is 23.0 Å². The Hall–Kier alpha value is -2.06. The van der Waals surface area contributed by atoms with Crippen molar-refractivity contribution in [2.24, 2.45) is 11.3 Å². The maximum Gasteiger partial charge on any atom is 0.272 e. The van der Waals surface area contributed by atoms with Crippen molar-refractivity contribution in [1.29, 1.82) is 0 Å². The number of thiazole rings is 1. The minimum atomic E-state index is -0.575. The van der Waals surface area contributed by atoms with Crippen LogP contribution in [0.4, 0.5) is 0 Å². The van der Waals surface area contributed by atoms with Crippen molar-refractivity contribution in [2.75, 3.05) is 13.2 Å². The molecule has 0 radical (unpaired) electrons. The van der Waals surface area contributed by atoms with Crippen molar-refractivity contribution in [3.8, 4) is 10.8 Å². The molecule has 3 rings (SSSR count). The number of ketones is 1. The molecule has 1 aliphatic heterocycles. The number of hydrogen-bond acceptors (Lipinski definition) is 6. The number of Topliss-reactive ketones (excluding diaryl/α,β-unsaturated/α-hetero) is 1. The molecule has 0 saturated heterocycles. The molecule has 0 aromatic carbocycles. The van der Waals surface area contributed by atoms with Gasteiger partial charge in [0.1, 0.15) is 5.69 Å². The summed E-state index contributed by atoms with van der Waals surface area (Å²) in [6.45, 7) is 11.7. The maximum absolute atomic E-state index is 13.4. The Labute approximate surface area is 182 Å². The molecule has 1 amide bonds. The van der Waals surface area contributed by atoms with E-state index in [1.54, 1.807) is 6.20 Å². The second-order valence-corrected chi connectivity index (χ2v) is 9.84. The molecule has 164 valence electrons. The summed E-state index contributed by atoms with van der Waals surface area (Å²) in [5.41, 5.74) is 0.819. The summed E-state index contributed by atoms with van der Waals surface area (Å²) in [5, 5.41) is 5.69. The van der Waals surface area contributed by atoms with Gasteiger partial charge in [-0.25, -0.2) is 9.97 Å². The summed E-state index contributed by atoms with van der Waals surface area (Å²) in [5.74, 6) is 0.360. The van der Waals surface area contributed by atoms with Crippen LogP contribution in [-0.4, -0.2) is 45.5 Å². The van der Waals surface area contributed by atoms with Crippen LogP contribution in [0.15, 0.2) is 11.6 Å². The fourth-order valence-electron chi connectivity index (χ4n) is 3.86. The van der Waals surface area contributed by atoms with E-state index >= 15 is 0 Å². The number of rotatable bonds is 7. The normalized spacial score (nSPS) is 16.4. The van der Waals surface area contributed by atoms with E-state index in [9.17, 15) is 9.59 Å². The number of aromatic nitrogens is 3. The molecule has 7 nitrogen and oxygen atoms in total. The summed E-state index contributed by atoms with van der Waals surface area (Å²) in [6.07, 6.45) is 4.08. The third-order valence-corrected chi connectivity index (χ3v) is 6.26. The predicted octanol–water partition coefficient (Wildman–Crippen LogP) is 3.73. The molecule has 3 heterocycles. The largest absolute Gasteiger partial charge is 0.379 e. The molecule has 30 heavy (non-hydrogen) atoms. The van der Waals surface area contributed by atoms with Crippen LogP contribution in [-0.2, 0) is 22.5 Å². The van der Waals surface area contributed by atoms with E-state index < -0.39 is 11.5 Å². The van der Waals surface area contributed by atoms with Gasteiger partial charge in [0.15, 0.2) is 16.6 Å². The molecule has 2 atom stereocenters. The Morgan fingerprint density at radius 3 is 2.73 bits per heavy atom. The zero-order chi connectivity index (χ0) is 21.9. The first-order valence-corrected chi connectivity index (χ1v) is 11.5. The van der Waals surface area contributed by atoms with Gasteiger partial charge < -0.3 is 14.6 Å². The zero-order valence-electron chi connectivity index (χ0n) is 18.5. The van der Waals surface area contributed by atoms with E-state index in [0.29, 0.717) is 37.7 Å². The fourth-order valence-corrected chi connectivity index (χ4v) is 4.49. The van der Waals surface area contributed by atoms with Crippen molar-refractivity contribution in [2.45, 2.75) is 66.5 Å². The van der Waals surface area contributed by atoms with Crippen LogP contribution in [0.1, 0.15) is 63.6 Å². The van der Waals surface area contributed by atoms with Gasteiger partial charge in [-0.05, 0) is 11.8 Å². The van der Waals surface area contributed by atoms with E-state index in [0.717, 1.165) is 23.5 Å². The molecule has 1 N–H and O–H groups in total. The third kappa shape index (κ3) is 4.81. The molecule has 0 saturated carbocycles. The molecule has 0 spiro atoms. The van der Waals surface area contributed by atoms with E-state index in [1.165, 1.54) is 11.3 Å². The smallest absolute Gasteiger partial charge is 0.272 e. The van der Waals surface area contributed by atoms with Crippen molar-refractivity contribution < 1.29 is 14.3 Å². The molecular formula is C22H32N4O3S. The Balaban J connectivity index is 1.94. The monoisotopic (exact) mass is 432 g/mol. The van der Waals surface area contributed by atoms with E-state index in [4.69, 9.17) is 4.74 Å². The molecule has 8 heteroatoms. The van der Waals surface area contributed by atoms with Crippen LogP contribution < -0.4 is 5.32 Å². The van der Waals surface area contributed by atoms with Crippen molar-refractivity contribution in [1.82, 2.24) is 19.9 Å². The first-order valence-electron chi connectivity index (χ1n) is 10.7. The SMILES string of the molecule is CCCC(C)C(=O)C(NC(=O)c1nc(-c2nccs2)n2c1CCOCC2)C(C)(C)C. The van der Waals surface area contributed by atoms with Crippen LogP contribution in [0.2, 0.25) is 0 Å². The Kier molecular flexibility index (Phi) is 7.08. The second kappa shape index (κ2) is 9.39. The molecule has 0 bridgehead atoms. The van der Waals surface area contributed by atoms with Crippen LogP contribution in [0.5, 0.6) is 0 Å². The first kappa shape index (κ1) is 22.6. The lowest BCUT2D eigenvalue weighted by Gasteiger charge is -2.32. The van der Waals surface area contributed by atoms with E-state index in [1.807, 2.05) is 37.6 Å². The second-order valence-electron chi connectivity index (χ2n) is 8.95. The number of nitrogens with one attached hydrogen (secondary N) is 1. The summed E-state index contributed by atoms with van der Waals surface area (Å²) in [4.78, 5) is 35.5. The molecule has 2 unspecified atom stereocenters. The fraction of sp³-hybridized carbons (Fsp3) is 0.636. The van der Waals surface area contributed by atoms with Gasteiger partial charge in [0.25, 0.3) is 5.91 Å². The Morgan fingerprint density at radius 1 is 1.33 bits per heavy atom. The number of nitrogens with zero attached hydrogens (tertiary/aromatic N) is 3. The molecule has 0 aliphatic carbocycles. The third-order valence-electron chi connectivity index (χ3n) is 5.49. The summed E-state index contributed by atoms with van der Waals surface area (Å²) in [6, 6.07) is -0.575. The first-order chi connectivity index (χ1) is 14.2. The van der Waals surface area contributed by atoms with Crippen LogP contribution >= 0.6 is 11.3 Å². The van der Waals surface area contributed by atoms with Gasteiger partial charge in [-0.15, -0.1) is 11.3 Å². The molecule has 2 aromatic rings. The van der Waals surface area contributed by atoms with Crippen molar-refractivity contribution in [3.05, 3.63) is 23.0 Å². The lowest BCUT2D eigenvalue weighted by Crippen LogP contribution is -2.51. The maximum atomic E-state index is 13.4. The Bertz CT molecular complexity index is 883. The summed E-state index contributed by atoms with van der Waals surface area (Å²) < 4.78 is 7.66. The highest BCUT2D eigenvalue weighted by Gasteiger charge is 2.36. The highest BCUT2D eigenvalue weighted by Crippen LogP contribution is 2.28. The lowest BCUT2D eigenvalue weighted by atomic mass is 9.79. The average molecular weight is 433 g/mol. The molecule has 1 aliphatic rings. The number of hydrogen-bond donors (Lipinski definition) is 1. The highest BCUT2D eigenvalue weighted by molar-refractivity contribution is 7.13. The molecular weight excluding hydrogens is 400 g/mol. The van der Waals surface area contributed by atoms with Crippen LogP contribution in [0, 0.1) is 11.3 Å². The quantitative estimate of drug-likeness (QED) is 0.720. The molecule has 0 fully saturated rings. The predicted molar refractivity (Wildman–Crippen MR) is 118 cm³/mol. The van der Waals surface area contributed by atoms with Gasteiger partial charge in [0, 0.05) is 30.5 Å². The van der Waals surface area contributed by atoms with Gasteiger partial charge in [-0.2, -0.15) is 0 Å². The summed E-state index contributed by atoms with van der Waals surface area (Å²) >= 11 is 1.49. The van der Waals surface area contributed by atoms with E-state index in [-0.39, 0.29) is 17.6 Å².